The number of nitrogens with one attached hydrogen (secondary N) is 1. The van der Waals surface area contributed by atoms with Gasteiger partial charge in [0.2, 0.25) is 5.91 Å². The number of amides is 1. The minimum Gasteiger partial charge on any atom is -0.497 e. The van der Waals surface area contributed by atoms with Gasteiger partial charge in [-0.1, -0.05) is 56.2 Å². The maximum Gasteiger partial charge on any atom is 0.227 e. The lowest BCUT2D eigenvalue weighted by Crippen LogP contribution is -2.38. The number of unbranched alkanes of at least 4 members (excludes halogenated alkanes) is 2. The van der Waals surface area contributed by atoms with E-state index in [1.807, 2.05) is 53.4 Å². The Hall–Kier alpha value is -4.06. The number of carbonyl (C=O) groups is 2. The maximum absolute atomic E-state index is 14.3. The van der Waals surface area contributed by atoms with E-state index in [4.69, 9.17) is 4.74 Å². The number of para-hydroxylation sites is 2. The number of hydrogen-bond donors (Lipinski definition) is 1. The van der Waals surface area contributed by atoms with Gasteiger partial charge < -0.3 is 15.0 Å². The number of fused-ring (bicyclic) bond motifs is 1. The summed E-state index contributed by atoms with van der Waals surface area (Å²) in [6.45, 7) is 8.38. The number of allylic oxidation sites excluding steroid dienone is 1. The summed E-state index contributed by atoms with van der Waals surface area (Å²) in [4.78, 5) is 32.5. The Kier molecular flexibility index (Phi) is 9.31. The highest BCUT2D eigenvalue weighted by Crippen LogP contribution is 2.48. The van der Waals surface area contributed by atoms with Gasteiger partial charge in [0, 0.05) is 42.9 Å². The molecule has 0 unspecified atom stereocenters. The lowest BCUT2D eigenvalue weighted by Gasteiger charge is -2.35. The summed E-state index contributed by atoms with van der Waals surface area (Å²) in [5, 5.41) is 3.65. The fourth-order valence-corrected chi connectivity index (χ4v) is 6.40. The predicted molar refractivity (Wildman–Crippen MR) is 171 cm³/mol. The van der Waals surface area contributed by atoms with Gasteiger partial charge in [0.25, 0.3) is 0 Å². The molecule has 1 aliphatic carbocycles. The molecule has 220 valence electrons. The Balaban J connectivity index is 1.59. The standard InChI is InChI=1S/C36H43N3O3/c1-5-8-9-14-34(41)39-32-13-11-10-12-30(32)37-31-23-27(25-15-19-28(20-16-25)38(6-2)7-3)24-33(40)35(31)36(39)26-17-21-29(42-4)22-18-26/h10-13,15-22,27,36-37H,5-9,14,23-24H2,1-4H3/t27-,36-/m1/s1. The van der Waals surface area contributed by atoms with E-state index < -0.39 is 6.04 Å². The second kappa shape index (κ2) is 13.3. The summed E-state index contributed by atoms with van der Waals surface area (Å²) in [6, 6.07) is 23.9. The molecule has 1 N–H and O–H groups in total. The number of carbonyl (C=O) groups excluding carboxylic acids is 2. The molecular formula is C36H43N3O3. The van der Waals surface area contributed by atoms with Gasteiger partial charge in [0.05, 0.1) is 24.5 Å². The Morgan fingerprint density at radius 1 is 0.905 bits per heavy atom. The molecule has 0 spiro atoms. The number of ether oxygens (including phenoxy) is 1. The van der Waals surface area contributed by atoms with Crippen LogP contribution in [0.5, 0.6) is 5.75 Å². The summed E-state index contributed by atoms with van der Waals surface area (Å²) in [7, 11) is 1.64. The maximum atomic E-state index is 14.3. The van der Waals surface area contributed by atoms with Crippen molar-refractivity contribution >= 4 is 28.8 Å². The molecule has 3 aromatic rings. The van der Waals surface area contributed by atoms with Gasteiger partial charge in [-0.15, -0.1) is 0 Å². The first-order chi connectivity index (χ1) is 20.5. The summed E-state index contributed by atoms with van der Waals surface area (Å²) in [5.41, 5.74) is 6.53. The molecule has 2 atom stereocenters. The molecule has 5 rings (SSSR count). The molecule has 42 heavy (non-hydrogen) atoms. The van der Waals surface area contributed by atoms with Gasteiger partial charge in [0.1, 0.15) is 5.75 Å². The smallest absolute Gasteiger partial charge is 0.227 e. The predicted octanol–water partition coefficient (Wildman–Crippen LogP) is 8.02. The molecule has 3 aromatic carbocycles. The number of ketones is 1. The Labute approximate surface area is 250 Å². The van der Waals surface area contributed by atoms with Crippen LogP contribution in [-0.4, -0.2) is 31.9 Å². The van der Waals surface area contributed by atoms with Crippen molar-refractivity contribution in [2.45, 2.75) is 71.3 Å². The van der Waals surface area contributed by atoms with Crippen molar-refractivity contribution in [1.29, 1.82) is 0 Å². The van der Waals surface area contributed by atoms with E-state index in [9.17, 15) is 9.59 Å². The van der Waals surface area contributed by atoms with E-state index in [1.54, 1.807) is 7.11 Å². The zero-order valence-electron chi connectivity index (χ0n) is 25.4. The van der Waals surface area contributed by atoms with Crippen LogP contribution in [0.3, 0.4) is 0 Å². The molecule has 0 saturated heterocycles. The minimum atomic E-state index is -0.519. The van der Waals surface area contributed by atoms with Crippen LogP contribution in [0.2, 0.25) is 0 Å². The lowest BCUT2D eigenvalue weighted by atomic mass is 9.78. The molecule has 6 heteroatoms. The zero-order valence-corrected chi connectivity index (χ0v) is 25.4. The molecular weight excluding hydrogens is 522 g/mol. The van der Waals surface area contributed by atoms with E-state index in [2.05, 4.69) is 55.3 Å². The van der Waals surface area contributed by atoms with Crippen molar-refractivity contribution in [1.82, 2.24) is 0 Å². The van der Waals surface area contributed by atoms with Gasteiger partial charge >= 0.3 is 0 Å². The Morgan fingerprint density at radius 2 is 1.60 bits per heavy atom. The first-order valence-corrected chi connectivity index (χ1v) is 15.4. The number of anilines is 3. The van der Waals surface area contributed by atoms with Crippen LogP contribution in [0.25, 0.3) is 0 Å². The third kappa shape index (κ3) is 5.94. The summed E-state index contributed by atoms with van der Waals surface area (Å²) < 4.78 is 5.43. The van der Waals surface area contributed by atoms with E-state index in [0.29, 0.717) is 24.8 Å². The quantitative estimate of drug-likeness (QED) is 0.252. The van der Waals surface area contributed by atoms with Gasteiger partial charge in [-0.2, -0.15) is 0 Å². The summed E-state index contributed by atoms with van der Waals surface area (Å²) in [5.74, 6) is 0.921. The van der Waals surface area contributed by atoms with E-state index in [1.165, 1.54) is 11.3 Å². The van der Waals surface area contributed by atoms with Crippen molar-refractivity contribution in [3.8, 4) is 5.75 Å². The monoisotopic (exact) mass is 565 g/mol. The van der Waals surface area contributed by atoms with E-state index in [0.717, 1.165) is 60.7 Å². The van der Waals surface area contributed by atoms with E-state index in [-0.39, 0.29) is 17.6 Å². The van der Waals surface area contributed by atoms with Gasteiger partial charge in [-0.05, 0) is 80.1 Å². The molecule has 0 aromatic heterocycles. The first-order valence-electron chi connectivity index (χ1n) is 15.4. The van der Waals surface area contributed by atoms with Crippen LogP contribution >= 0.6 is 0 Å². The fourth-order valence-electron chi connectivity index (χ4n) is 6.40. The SMILES string of the molecule is CCCCCC(=O)N1c2ccccc2NC2=C(C(=O)C[C@H](c3ccc(N(CC)CC)cc3)C2)[C@H]1c1ccc(OC)cc1. The van der Waals surface area contributed by atoms with Crippen LogP contribution in [-0.2, 0) is 9.59 Å². The zero-order chi connectivity index (χ0) is 29.6. The first kappa shape index (κ1) is 29.4. The average Bonchev–Trinajstić information content (AvgIpc) is 3.17. The highest BCUT2D eigenvalue weighted by molar-refractivity contribution is 6.06. The van der Waals surface area contributed by atoms with Crippen LogP contribution in [0.1, 0.15) is 82.4 Å². The molecule has 1 aliphatic heterocycles. The highest BCUT2D eigenvalue weighted by Gasteiger charge is 2.41. The van der Waals surface area contributed by atoms with Crippen LogP contribution in [0, 0.1) is 0 Å². The van der Waals surface area contributed by atoms with Crippen LogP contribution in [0.15, 0.2) is 84.1 Å². The largest absolute Gasteiger partial charge is 0.497 e. The number of Topliss-reactive ketones (excluding diaryl/α,β-unsaturated/α-hetero) is 1. The van der Waals surface area contributed by atoms with Crippen molar-refractivity contribution in [3.63, 3.8) is 0 Å². The summed E-state index contributed by atoms with van der Waals surface area (Å²) >= 11 is 0. The molecule has 1 heterocycles. The lowest BCUT2D eigenvalue weighted by molar-refractivity contribution is -0.119. The molecule has 0 radical (unpaired) electrons. The topological polar surface area (TPSA) is 61.9 Å². The van der Waals surface area contributed by atoms with Gasteiger partial charge in [-0.25, -0.2) is 0 Å². The van der Waals surface area contributed by atoms with Crippen LogP contribution in [0.4, 0.5) is 17.1 Å². The summed E-state index contributed by atoms with van der Waals surface area (Å²) in [6.07, 6.45) is 4.40. The number of rotatable bonds is 10. The third-order valence-electron chi connectivity index (χ3n) is 8.68. The number of nitrogens with zero attached hydrogens (tertiary/aromatic N) is 2. The van der Waals surface area contributed by atoms with Gasteiger partial charge in [0.15, 0.2) is 5.78 Å². The molecule has 1 amide bonds. The third-order valence-corrected chi connectivity index (χ3v) is 8.68. The number of methoxy groups -OCH3 is 1. The molecule has 2 aliphatic rings. The molecule has 6 nitrogen and oxygen atoms in total. The highest BCUT2D eigenvalue weighted by atomic mass is 16.5. The number of hydrogen-bond acceptors (Lipinski definition) is 5. The van der Waals surface area contributed by atoms with Gasteiger partial charge in [-0.3, -0.25) is 14.5 Å². The normalized spacial score (nSPS) is 18.1. The Bertz CT molecular complexity index is 1420. The fraction of sp³-hybridized carbons (Fsp3) is 0.389. The second-order valence-corrected chi connectivity index (χ2v) is 11.2. The van der Waals surface area contributed by atoms with Crippen molar-refractivity contribution in [3.05, 3.63) is 95.2 Å². The van der Waals surface area contributed by atoms with Crippen LogP contribution < -0.4 is 19.9 Å². The van der Waals surface area contributed by atoms with Crippen molar-refractivity contribution < 1.29 is 14.3 Å². The Morgan fingerprint density at radius 3 is 2.26 bits per heavy atom. The molecule has 0 fully saturated rings. The molecule has 0 saturated carbocycles. The van der Waals surface area contributed by atoms with Crippen molar-refractivity contribution in [2.75, 3.05) is 35.3 Å². The average molecular weight is 566 g/mol. The molecule has 0 bridgehead atoms. The minimum absolute atomic E-state index is 0.0363. The number of benzene rings is 3. The van der Waals surface area contributed by atoms with Crippen molar-refractivity contribution in [2.24, 2.45) is 0 Å². The van der Waals surface area contributed by atoms with E-state index >= 15 is 0 Å². The second-order valence-electron chi connectivity index (χ2n) is 11.2.